The van der Waals surface area contributed by atoms with Crippen LogP contribution in [0.15, 0.2) is 28.7 Å². The van der Waals surface area contributed by atoms with Gasteiger partial charge in [-0.15, -0.1) is 0 Å². The zero-order valence-corrected chi connectivity index (χ0v) is 12.8. The summed E-state index contributed by atoms with van der Waals surface area (Å²) in [5, 5.41) is 11.5. The molecule has 1 aromatic carbocycles. The van der Waals surface area contributed by atoms with Crippen molar-refractivity contribution >= 4 is 27.8 Å². The normalized spacial score (nSPS) is 21.0. The van der Waals surface area contributed by atoms with Crippen molar-refractivity contribution in [1.29, 1.82) is 0 Å². The van der Waals surface area contributed by atoms with Gasteiger partial charge >= 0.3 is 5.97 Å². The van der Waals surface area contributed by atoms with Crippen LogP contribution in [0.5, 0.6) is 5.75 Å². The maximum Gasteiger partial charge on any atom is 0.332 e. The molecule has 2 N–H and O–H groups in total. The molecule has 21 heavy (non-hydrogen) atoms. The number of amides is 1. The van der Waals surface area contributed by atoms with Crippen molar-refractivity contribution in [2.75, 3.05) is 13.2 Å². The van der Waals surface area contributed by atoms with Crippen molar-refractivity contribution in [2.24, 2.45) is 0 Å². The summed E-state index contributed by atoms with van der Waals surface area (Å²) in [5.41, 5.74) is 0. The molecule has 2 atom stereocenters. The van der Waals surface area contributed by atoms with E-state index in [0.29, 0.717) is 31.7 Å². The number of halogens is 1. The maximum atomic E-state index is 11.8. The molecule has 0 saturated carbocycles. The van der Waals surface area contributed by atoms with E-state index in [-0.39, 0.29) is 5.91 Å². The highest BCUT2D eigenvalue weighted by atomic mass is 79.9. The second-order valence-corrected chi connectivity index (χ2v) is 5.54. The highest BCUT2D eigenvalue weighted by Gasteiger charge is 2.34. The molecule has 0 radical (unpaired) electrons. The van der Waals surface area contributed by atoms with Gasteiger partial charge in [-0.2, -0.15) is 0 Å². The molecule has 0 aromatic heterocycles. The van der Waals surface area contributed by atoms with E-state index in [1.807, 2.05) is 24.3 Å². The van der Waals surface area contributed by atoms with Gasteiger partial charge in [-0.05, 0) is 31.0 Å². The smallest absolute Gasteiger partial charge is 0.332 e. The fraction of sp³-hybridized carbons (Fsp3) is 0.429. The Morgan fingerprint density at radius 2 is 2.14 bits per heavy atom. The number of carbonyl (C=O) groups excluding carboxylic acids is 1. The molecule has 0 bridgehead atoms. The number of carboxylic acid groups (broad SMARTS) is 1. The summed E-state index contributed by atoms with van der Waals surface area (Å²) in [6, 6.07) is 7.41. The summed E-state index contributed by atoms with van der Waals surface area (Å²) < 4.78 is 11.6. The lowest BCUT2D eigenvalue weighted by molar-refractivity contribution is -0.151. The highest BCUT2D eigenvalue weighted by molar-refractivity contribution is 9.10. The van der Waals surface area contributed by atoms with E-state index >= 15 is 0 Å². The Kier molecular flexibility index (Phi) is 5.58. The van der Waals surface area contributed by atoms with Crippen LogP contribution in [0.1, 0.15) is 12.8 Å². The van der Waals surface area contributed by atoms with Crippen molar-refractivity contribution in [3.63, 3.8) is 0 Å². The van der Waals surface area contributed by atoms with Gasteiger partial charge in [-0.25, -0.2) is 4.79 Å². The van der Waals surface area contributed by atoms with Gasteiger partial charge in [-0.1, -0.05) is 22.0 Å². The molecule has 1 amide bonds. The van der Waals surface area contributed by atoms with Gasteiger partial charge < -0.3 is 19.9 Å². The van der Waals surface area contributed by atoms with Crippen LogP contribution in [-0.4, -0.2) is 42.3 Å². The monoisotopic (exact) mass is 357 g/mol. The number of carbonyl (C=O) groups is 2. The SMILES string of the molecule is O=C(NCCOc1cccc(Br)c1)[C@@H]1CC[C@H](C(=O)O)O1. The zero-order chi connectivity index (χ0) is 15.2. The summed E-state index contributed by atoms with van der Waals surface area (Å²) in [6.45, 7) is 0.667. The van der Waals surface area contributed by atoms with Crippen LogP contribution in [0, 0.1) is 0 Å². The lowest BCUT2D eigenvalue weighted by Gasteiger charge is -2.12. The Labute approximate surface area is 130 Å². The van der Waals surface area contributed by atoms with E-state index in [4.69, 9.17) is 14.6 Å². The Morgan fingerprint density at radius 3 is 2.81 bits per heavy atom. The number of benzene rings is 1. The van der Waals surface area contributed by atoms with Crippen molar-refractivity contribution < 1.29 is 24.2 Å². The van der Waals surface area contributed by atoms with Gasteiger partial charge in [0.15, 0.2) is 6.10 Å². The third-order valence-corrected chi connectivity index (χ3v) is 3.55. The topological polar surface area (TPSA) is 84.9 Å². The Balaban J connectivity index is 1.67. The summed E-state index contributed by atoms with van der Waals surface area (Å²) in [5.74, 6) is -0.610. The van der Waals surface area contributed by atoms with E-state index in [0.717, 1.165) is 4.47 Å². The van der Waals surface area contributed by atoms with Crippen LogP contribution >= 0.6 is 15.9 Å². The average molecular weight is 358 g/mol. The molecule has 7 heteroatoms. The Hall–Kier alpha value is -1.60. The third kappa shape index (κ3) is 4.71. The number of carboxylic acids is 1. The van der Waals surface area contributed by atoms with E-state index in [9.17, 15) is 9.59 Å². The summed E-state index contributed by atoms with van der Waals surface area (Å²) in [7, 11) is 0. The minimum absolute atomic E-state index is 0.295. The van der Waals surface area contributed by atoms with Crippen molar-refractivity contribution in [2.45, 2.75) is 25.0 Å². The maximum absolute atomic E-state index is 11.8. The molecule has 2 rings (SSSR count). The highest BCUT2D eigenvalue weighted by Crippen LogP contribution is 2.20. The molecular formula is C14H16BrNO5. The Morgan fingerprint density at radius 1 is 1.38 bits per heavy atom. The molecule has 1 heterocycles. The van der Waals surface area contributed by atoms with Crippen molar-refractivity contribution in [1.82, 2.24) is 5.32 Å². The minimum atomic E-state index is -1.02. The number of nitrogens with one attached hydrogen (secondary N) is 1. The molecule has 0 spiro atoms. The standard InChI is InChI=1S/C14H16BrNO5/c15-9-2-1-3-10(8-9)20-7-6-16-13(17)11-4-5-12(21-11)14(18)19/h1-3,8,11-12H,4-7H2,(H,16,17)(H,18,19)/t11-,12+/m0/s1. The average Bonchev–Trinajstić information content (AvgIpc) is 2.93. The molecule has 1 aromatic rings. The van der Waals surface area contributed by atoms with Gasteiger partial charge in [0, 0.05) is 4.47 Å². The largest absolute Gasteiger partial charge is 0.492 e. The molecule has 114 valence electrons. The van der Waals surface area contributed by atoms with E-state index in [1.165, 1.54) is 0 Å². The van der Waals surface area contributed by atoms with E-state index < -0.39 is 18.2 Å². The lowest BCUT2D eigenvalue weighted by Crippen LogP contribution is -2.37. The van der Waals surface area contributed by atoms with Crippen molar-refractivity contribution in [3.8, 4) is 5.75 Å². The number of hydrogen-bond donors (Lipinski definition) is 2. The van der Waals surface area contributed by atoms with Crippen LogP contribution in [0.4, 0.5) is 0 Å². The minimum Gasteiger partial charge on any atom is -0.492 e. The first kappa shape index (κ1) is 15.8. The number of ether oxygens (including phenoxy) is 2. The molecular weight excluding hydrogens is 342 g/mol. The first-order chi connectivity index (χ1) is 10.1. The van der Waals surface area contributed by atoms with Gasteiger partial charge in [0.05, 0.1) is 6.54 Å². The fourth-order valence-electron chi connectivity index (χ4n) is 2.03. The van der Waals surface area contributed by atoms with Gasteiger partial charge in [-0.3, -0.25) is 4.79 Å². The first-order valence-corrected chi connectivity index (χ1v) is 7.40. The second kappa shape index (κ2) is 7.42. The number of rotatable bonds is 6. The molecule has 0 unspecified atom stereocenters. The molecule has 1 fully saturated rings. The van der Waals surface area contributed by atoms with Gasteiger partial charge in [0.25, 0.3) is 0 Å². The predicted octanol–water partition coefficient (Wildman–Crippen LogP) is 1.58. The Bertz CT molecular complexity index is 522. The van der Waals surface area contributed by atoms with Crippen LogP contribution in [0.2, 0.25) is 0 Å². The molecule has 6 nitrogen and oxygen atoms in total. The van der Waals surface area contributed by atoms with Gasteiger partial charge in [0.1, 0.15) is 18.5 Å². The van der Waals surface area contributed by atoms with Crippen LogP contribution < -0.4 is 10.1 Å². The van der Waals surface area contributed by atoms with E-state index in [2.05, 4.69) is 21.2 Å². The molecule has 1 aliphatic heterocycles. The van der Waals surface area contributed by atoms with Crippen LogP contribution in [-0.2, 0) is 14.3 Å². The quantitative estimate of drug-likeness (QED) is 0.755. The summed E-state index contributed by atoms with van der Waals surface area (Å²) in [6.07, 6.45) is -0.771. The van der Waals surface area contributed by atoms with E-state index in [1.54, 1.807) is 0 Å². The van der Waals surface area contributed by atoms with Crippen LogP contribution in [0.3, 0.4) is 0 Å². The number of aliphatic carboxylic acids is 1. The predicted molar refractivity (Wildman–Crippen MR) is 78.2 cm³/mol. The number of hydrogen-bond acceptors (Lipinski definition) is 4. The van der Waals surface area contributed by atoms with Gasteiger partial charge in [0.2, 0.25) is 5.91 Å². The fourth-order valence-corrected chi connectivity index (χ4v) is 2.40. The third-order valence-electron chi connectivity index (χ3n) is 3.05. The zero-order valence-electron chi connectivity index (χ0n) is 11.3. The summed E-state index contributed by atoms with van der Waals surface area (Å²) in [4.78, 5) is 22.5. The first-order valence-electron chi connectivity index (χ1n) is 6.60. The molecule has 1 saturated heterocycles. The molecule has 1 aliphatic rings. The van der Waals surface area contributed by atoms with Crippen molar-refractivity contribution in [3.05, 3.63) is 28.7 Å². The van der Waals surface area contributed by atoms with Crippen LogP contribution in [0.25, 0.3) is 0 Å². The second-order valence-electron chi connectivity index (χ2n) is 4.63. The lowest BCUT2D eigenvalue weighted by atomic mass is 10.2. The summed E-state index contributed by atoms with van der Waals surface area (Å²) >= 11 is 3.34. The molecule has 0 aliphatic carbocycles.